The molecule has 1 aromatic carbocycles. The number of hydrogen-bond acceptors (Lipinski definition) is 4. The molecular formula is C23H16ClN5. The van der Waals surface area contributed by atoms with E-state index in [0.29, 0.717) is 16.7 Å². The van der Waals surface area contributed by atoms with E-state index >= 15 is 0 Å². The highest BCUT2D eigenvalue weighted by molar-refractivity contribution is 6.29. The maximum absolute atomic E-state index is 7.23. The molecule has 6 heteroatoms. The van der Waals surface area contributed by atoms with Crippen molar-refractivity contribution < 1.29 is 0 Å². The first kappa shape index (κ1) is 18.6. The van der Waals surface area contributed by atoms with Crippen molar-refractivity contribution >= 4 is 28.8 Å². The maximum atomic E-state index is 7.23. The molecule has 4 aromatic rings. The third kappa shape index (κ3) is 4.08. The molecule has 0 aliphatic heterocycles. The highest BCUT2D eigenvalue weighted by atomic mass is 35.5. The third-order valence-corrected chi connectivity index (χ3v) is 4.68. The summed E-state index contributed by atoms with van der Waals surface area (Å²) in [7, 11) is 0. The molecule has 0 saturated carbocycles. The molecule has 0 amide bonds. The Morgan fingerprint density at radius 2 is 1.59 bits per heavy atom. The fourth-order valence-electron chi connectivity index (χ4n) is 3.20. The summed E-state index contributed by atoms with van der Waals surface area (Å²) in [5, 5.41) is 0.407. The summed E-state index contributed by atoms with van der Waals surface area (Å²) in [5.41, 5.74) is 3.43. The highest BCUT2D eigenvalue weighted by Crippen LogP contribution is 2.38. The van der Waals surface area contributed by atoms with Gasteiger partial charge in [-0.05, 0) is 41.5 Å². The molecular weight excluding hydrogens is 382 g/mol. The topological polar surface area (TPSA) is 46.3 Å². The number of rotatable bonds is 5. The zero-order valence-electron chi connectivity index (χ0n) is 15.4. The molecule has 1 atom stereocenters. The SMILES string of the molecule is [C-]#[N+]c1ccc(C(c2cccnc2)N(c2cccnc2)c2cccc(Cl)n2)cc1. The van der Waals surface area contributed by atoms with Gasteiger partial charge in [-0.15, -0.1) is 0 Å². The minimum absolute atomic E-state index is 0.237. The van der Waals surface area contributed by atoms with Crippen LogP contribution in [0, 0.1) is 6.57 Å². The molecule has 0 fully saturated rings. The van der Waals surface area contributed by atoms with Crippen LogP contribution >= 0.6 is 11.6 Å². The number of nitrogens with zero attached hydrogens (tertiary/aromatic N) is 5. The van der Waals surface area contributed by atoms with Gasteiger partial charge in [0.05, 0.1) is 24.5 Å². The van der Waals surface area contributed by atoms with E-state index in [2.05, 4.69) is 24.7 Å². The van der Waals surface area contributed by atoms with Crippen LogP contribution in [0.1, 0.15) is 17.2 Å². The number of hydrogen-bond donors (Lipinski definition) is 0. The molecule has 0 spiro atoms. The Bertz CT molecular complexity index is 1130. The number of halogens is 1. The van der Waals surface area contributed by atoms with Gasteiger partial charge in [0.1, 0.15) is 11.0 Å². The maximum Gasteiger partial charge on any atom is 0.187 e. The van der Waals surface area contributed by atoms with Crippen molar-refractivity contribution in [2.24, 2.45) is 0 Å². The van der Waals surface area contributed by atoms with E-state index in [4.69, 9.17) is 18.2 Å². The minimum Gasteiger partial charge on any atom is -0.313 e. The number of pyridine rings is 3. The van der Waals surface area contributed by atoms with Crippen molar-refractivity contribution in [3.05, 3.63) is 119 Å². The van der Waals surface area contributed by atoms with Crippen LogP contribution in [0.4, 0.5) is 17.2 Å². The van der Waals surface area contributed by atoms with Crippen LogP contribution in [0.5, 0.6) is 0 Å². The van der Waals surface area contributed by atoms with Gasteiger partial charge in [-0.1, -0.05) is 48.0 Å². The first-order valence-corrected chi connectivity index (χ1v) is 9.33. The minimum atomic E-state index is -0.237. The standard InChI is InChI=1S/C23H16ClN5/c1-25-19-11-9-17(10-12-19)23(18-5-3-13-26-15-18)29(20-6-4-14-27-16-20)22-8-2-7-21(24)28-22/h2-16,23H. The zero-order valence-corrected chi connectivity index (χ0v) is 16.1. The molecule has 5 nitrogen and oxygen atoms in total. The first-order chi connectivity index (χ1) is 14.3. The van der Waals surface area contributed by atoms with E-state index in [1.165, 1.54) is 0 Å². The summed E-state index contributed by atoms with van der Waals surface area (Å²) in [5.74, 6) is 0.689. The average Bonchev–Trinajstić information content (AvgIpc) is 2.79. The van der Waals surface area contributed by atoms with E-state index in [9.17, 15) is 0 Å². The summed E-state index contributed by atoms with van der Waals surface area (Å²) in [4.78, 5) is 18.7. The molecule has 0 radical (unpaired) electrons. The number of anilines is 2. The fourth-order valence-corrected chi connectivity index (χ4v) is 3.36. The van der Waals surface area contributed by atoms with Gasteiger partial charge in [0, 0.05) is 18.6 Å². The van der Waals surface area contributed by atoms with Crippen LogP contribution in [0.15, 0.2) is 91.5 Å². The van der Waals surface area contributed by atoms with Gasteiger partial charge in [0.15, 0.2) is 5.69 Å². The van der Waals surface area contributed by atoms with Gasteiger partial charge in [-0.25, -0.2) is 9.83 Å². The van der Waals surface area contributed by atoms with Gasteiger partial charge in [0.25, 0.3) is 0 Å². The van der Waals surface area contributed by atoms with E-state index in [-0.39, 0.29) is 6.04 Å². The summed E-state index contributed by atoms with van der Waals surface area (Å²) >= 11 is 6.21. The predicted octanol–water partition coefficient (Wildman–Crippen LogP) is 6.00. The Balaban J connectivity index is 1.94. The lowest BCUT2D eigenvalue weighted by molar-refractivity contribution is 0.799. The summed E-state index contributed by atoms with van der Waals surface area (Å²) < 4.78 is 0. The third-order valence-electron chi connectivity index (χ3n) is 4.47. The van der Waals surface area contributed by atoms with E-state index in [1.54, 1.807) is 24.7 Å². The van der Waals surface area contributed by atoms with Crippen molar-refractivity contribution in [3.63, 3.8) is 0 Å². The van der Waals surface area contributed by atoms with Gasteiger partial charge < -0.3 is 4.90 Å². The summed E-state index contributed by atoms with van der Waals surface area (Å²) in [6, 6.07) is 20.6. The molecule has 4 rings (SSSR count). The lowest BCUT2D eigenvalue weighted by Gasteiger charge is -2.33. The van der Waals surface area contributed by atoms with Crippen molar-refractivity contribution in [1.82, 2.24) is 15.0 Å². The molecule has 3 heterocycles. The van der Waals surface area contributed by atoms with Crippen LogP contribution in [-0.4, -0.2) is 15.0 Å². The molecule has 29 heavy (non-hydrogen) atoms. The van der Waals surface area contributed by atoms with Crippen LogP contribution in [-0.2, 0) is 0 Å². The normalized spacial score (nSPS) is 11.4. The molecule has 140 valence electrons. The van der Waals surface area contributed by atoms with Crippen molar-refractivity contribution in [1.29, 1.82) is 0 Å². The smallest absolute Gasteiger partial charge is 0.187 e. The molecule has 0 bridgehead atoms. The van der Waals surface area contributed by atoms with E-state index < -0.39 is 0 Å². The largest absolute Gasteiger partial charge is 0.313 e. The zero-order chi connectivity index (χ0) is 20.1. The van der Waals surface area contributed by atoms with Crippen LogP contribution < -0.4 is 4.90 Å². The van der Waals surface area contributed by atoms with Crippen molar-refractivity contribution in [3.8, 4) is 0 Å². The molecule has 3 aromatic heterocycles. The Hall–Kier alpha value is -3.75. The number of aromatic nitrogens is 3. The van der Waals surface area contributed by atoms with Gasteiger partial charge in [0.2, 0.25) is 0 Å². The number of benzene rings is 1. The summed E-state index contributed by atoms with van der Waals surface area (Å²) in [6.45, 7) is 7.23. The summed E-state index contributed by atoms with van der Waals surface area (Å²) in [6.07, 6.45) is 7.10. The molecule has 0 saturated heterocycles. The second kappa shape index (κ2) is 8.51. The molecule has 0 aliphatic carbocycles. The van der Waals surface area contributed by atoms with Crippen molar-refractivity contribution in [2.45, 2.75) is 6.04 Å². The van der Waals surface area contributed by atoms with Crippen LogP contribution in [0.2, 0.25) is 5.15 Å². The lowest BCUT2D eigenvalue weighted by Crippen LogP contribution is -2.26. The quantitative estimate of drug-likeness (QED) is 0.306. The molecule has 0 N–H and O–H groups in total. The highest BCUT2D eigenvalue weighted by Gasteiger charge is 2.26. The van der Waals surface area contributed by atoms with Gasteiger partial charge >= 0.3 is 0 Å². The average molecular weight is 398 g/mol. The van der Waals surface area contributed by atoms with E-state index in [0.717, 1.165) is 16.8 Å². The van der Waals surface area contributed by atoms with Crippen molar-refractivity contribution in [2.75, 3.05) is 4.90 Å². The van der Waals surface area contributed by atoms with Crippen LogP contribution in [0.25, 0.3) is 4.85 Å². The molecule has 0 aliphatic rings. The Morgan fingerprint density at radius 1 is 0.828 bits per heavy atom. The molecule has 1 unspecified atom stereocenters. The van der Waals surface area contributed by atoms with Crippen LogP contribution in [0.3, 0.4) is 0 Å². The van der Waals surface area contributed by atoms with E-state index in [1.807, 2.05) is 66.9 Å². The lowest BCUT2D eigenvalue weighted by atomic mass is 9.97. The second-order valence-corrected chi connectivity index (χ2v) is 6.68. The Morgan fingerprint density at radius 3 is 2.21 bits per heavy atom. The monoisotopic (exact) mass is 397 g/mol. The fraction of sp³-hybridized carbons (Fsp3) is 0.0435. The van der Waals surface area contributed by atoms with Gasteiger partial charge in [-0.3, -0.25) is 9.97 Å². The van der Waals surface area contributed by atoms with Gasteiger partial charge in [-0.2, -0.15) is 0 Å². The first-order valence-electron chi connectivity index (χ1n) is 8.95. The second-order valence-electron chi connectivity index (χ2n) is 6.29. The predicted molar refractivity (Wildman–Crippen MR) is 114 cm³/mol. The Kier molecular flexibility index (Phi) is 5.46. The Labute approximate surface area is 174 Å².